The van der Waals surface area contributed by atoms with Crippen LogP contribution in [0, 0.1) is 12.7 Å². The van der Waals surface area contributed by atoms with Gasteiger partial charge < -0.3 is 15.5 Å². The monoisotopic (exact) mass is 355 g/mol. The number of halogens is 1. The fourth-order valence-electron chi connectivity index (χ4n) is 2.51. The SMILES string of the molecule is Cc1ccc(C(=O)NC2=NO[C@@H](C)C2)cc1NC(=O)c1ccccc1F. The van der Waals surface area contributed by atoms with Crippen molar-refractivity contribution in [1.82, 2.24) is 5.32 Å². The first-order valence-corrected chi connectivity index (χ1v) is 8.14. The predicted molar refractivity (Wildman–Crippen MR) is 95.6 cm³/mol. The van der Waals surface area contributed by atoms with E-state index in [0.717, 1.165) is 5.56 Å². The quantitative estimate of drug-likeness (QED) is 0.887. The van der Waals surface area contributed by atoms with Crippen LogP contribution in [0.3, 0.4) is 0 Å². The van der Waals surface area contributed by atoms with Gasteiger partial charge in [-0.3, -0.25) is 9.59 Å². The number of oxime groups is 1. The summed E-state index contributed by atoms with van der Waals surface area (Å²) in [4.78, 5) is 29.7. The van der Waals surface area contributed by atoms with Crippen molar-refractivity contribution in [1.29, 1.82) is 0 Å². The van der Waals surface area contributed by atoms with Crippen LogP contribution in [0.2, 0.25) is 0 Å². The largest absolute Gasteiger partial charge is 0.391 e. The summed E-state index contributed by atoms with van der Waals surface area (Å²) in [7, 11) is 0. The lowest BCUT2D eigenvalue weighted by Crippen LogP contribution is -2.30. The second-order valence-corrected chi connectivity index (χ2v) is 6.08. The highest BCUT2D eigenvalue weighted by atomic mass is 19.1. The first kappa shape index (κ1) is 17.6. The fraction of sp³-hybridized carbons (Fsp3) is 0.211. The maximum atomic E-state index is 13.8. The average molecular weight is 355 g/mol. The van der Waals surface area contributed by atoms with E-state index in [-0.39, 0.29) is 17.6 Å². The van der Waals surface area contributed by atoms with E-state index in [1.807, 2.05) is 6.92 Å². The first-order chi connectivity index (χ1) is 12.4. The summed E-state index contributed by atoms with van der Waals surface area (Å²) in [6, 6.07) is 10.6. The molecule has 2 aromatic carbocycles. The van der Waals surface area contributed by atoms with Gasteiger partial charge in [0.05, 0.1) is 5.56 Å². The number of rotatable bonds is 3. The number of amidine groups is 1. The zero-order valence-electron chi connectivity index (χ0n) is 14.4. The van der Waals surface area contributed by atoms with Gasteiger partial charge in [-0.2, -0.15) is 0 Å². The molecular formula is C19H18FN3O3. The third-order valence-electron chi connectivity index (χ3n) is 3.95. The molecule has 1 heterocycles. The Hall–Kier alpha value is -3.22. The van der Waals surface area contributed by atoms with E-state index in [0.29, 0.717) is 23.5 Å². The Morgan fingerprint density at radius 3 is 2.62 bits per heavy atom. The van der Waals surface area contributed by atoms with Crippen LogP contribution in [0.25, 0.3) is 0 Å². The van der Waals surface area contributed by atoms with E-state index in [1.165, 1.54) is 18.2 Å². The van der Waals surface area contributed by atoms with Gasteiger partial charge >= 0.3 is 0 Å². The minimum Gasteiger partial charge on any atom is -0.391 e. The zero-order valence-corrected chi connectivity index (χ0v) is 14.4. The molecule has 2 aromatic rings. The maximum absolute atomic E-state index is 13.8. The smallest absolute Gasteiger partial charge is 0.258 e. The summed E-state index contributed by atoms with van der Waals surface area (Å²) in [5, 5.41) is 9.12. The second-order valence-electron chi connectivity index (χ2n) is 6.08. The number of hydrogen-bond acceptors (Lipinski definition) is 4. The van der Waals surface area contributed by atoms with Crippen molar-refractivity contribution in [3.05, 3.63) is 65.0 Å². The van der Waals surface area contributed by atoms with Gasteiger partial charge in [0.2, 0.25) is 0 Å². The Balaban J connectivity index is 1.76. The highest BCUT2D eigenvalue weighted by molar-refractivity contribution is 6.08. The van der Waals surface area contributed by atoms with Gasteiger partial charge in [0.15, 0.2) is 5.84 Å². The molecule has 7 heteroatoms. The van der Waals surface area contributed by atoms with Crippen LogP contribution in [0.15, 0.2) is 47.6 Å². The van der Waals surface area contributed by atoms with Gasteiger partial charge in [0.1, 0.15) is 11.9 Å². The summed E-state index contributed by atoms with van der Waals surface area (Å²) in [6.45, 7) is 3.64. The van der Waals surface area contributed by atoms with Crippen molar-refractivity contribution in [2.45, 2.75) is 26.4 Å². The van der Waals surface area contributed by atoms with Gasteiger partial charge in [0, 0.05) is 17.7 Å². The van der Waals surface area contributed by atoms with Crippen LogP contribution < -0.4 is 10.6 Å². The van der Waals surface area contributed by atoms with Crippen LogP contribution in [0.1, 0.15) is 39.6 Å². The van der Waals surface area contributed by atoms with E-state index >= 15 is 0 Å². The highest BCUT2D eigenvalue weighted by Gasteiger charge is 2.19. The number of nitrogens with one attached hydrogen (secondary N) is 2. The molecule has 26 heavy (non-hydrogen) atoms. The van der Waals surface area contributed by atoms with Gasteiger partial charge in [-0.1, -0.05) is 23.4 Å². The number of aryl methyl sites for hydroxylation is 1. The van der Waals surface area contributed by atoms with E-state index in [2.05, 4.69) is 15.8 Å². The summed E-state index contributed by atoms with van der Waals surface area (Å²) < 4.78 is 13.8. The molecule has 6 nitrogen and oxygen atoms in total. The number of amides is 2. The molecule has 134 valence electrons. The minimum absolute atomic E-state index is 0.0618. The van der Waals surface area contributed by atoms with E-state index in [9.17, 15) is 14.0 Å². The van der Waals surface area contributed by atoms with E-state index in [1.54, 1.807) is 31.2 Å². The lowest BCUT2D eigenvalue weighted by molar-refractivity contribution is 0.0966. The summed E-state index contributed by atoms with van der Waals surface area (Å²) in [5.41, 5.74) is 1.47. The Morgan fingerprint density at radius 1 is 1.15 bits per heavy atom. The number of nitrogens with zero attached hydrogens (tertiary/aromatic N) is 1. The van der Waals surface area contributed by atoms with Crippen molar-refractivity contribution in [3.63, 3.8) is 0 Å². The van der Waals surface area contributed by atoms with Gasteiger partial charge in [-0.15, -0.1) is 0 Å². The minimum atomic E-state index is -0.607. The molecule has 0 saturated carbocycles. The molecule has 2 amide bonds. The fourth-order valence-corrected chi connectivity index (χ4v) is 2.51. The van der Waals surface area contributed by atoms with Gasteiger partial charge in [0.25, 0.3) is 11.8 Å². The Kier molecular flexibility index (Phi) is 4.97. The molecule has 1 aliphatic heterocycles. The van der Waals surface area contributed by atoms with Crippen molar-refractivity contribution in [2.24, 2.45) is 5.16 Å². The summed E-state index contributed by atoms with van der Waals surface area (Å²) in [6.07, 6.45) is 0.452. The zero-order chi connectivity index (χ0) is 18.7. The maximum Gasteiger partial charge on any atom is 0.258 e. The number of carbonyl (C=O) groups is 2. The third-order valence-corrected chi connectivity index (χ3v) is 3.95. The van der Waals surface area contributed by atoms with Gasteiger partial charge in [-0.25, -0.2) is 4.39 Å². The molecule has 1 atom stereocenters. The Morgan fingerprint density at radius 2 is 1.92 bits per heavy atom. The Labute approximate surface area is 150 Å². The van der Waals surface area contributed by atoms with Crippen LogP contribution in [-0.2, 0) is 4.84 Å². The number of hydrogen-bond donors (Lipinski definition) is 2. The highest BCUT2D eigenvalue weighted by Crippen LogP contribution is 2.19. The van der Waals surface area contributed by atoms with Crippen molar-refractivity contribution >= 4 is 23.3 Å². The Bertz CT molecular complexity index is 895. The van der Waals surface area contributed by atoms with E-state index in [4.69, 9.17) is 4.84 Å². The molecule has 2 N–H and O–H groups in total. The normalized spacial score (nSPS) is 15.8. The molecule has 0 aliphatic carbocycles. The first-order valence-electron chi connectivity index (χ1n) is 8.14. The number of benzene rings is 2. The molecule has 0 unspecified atom stereocenters. The van der Waals surface area contributed by atoms with Crippen LogP contribution in [0.5, 0.6) is 0 Å². The summed E-state index contributed by atoms with van der Waals surface area (Å²) in [5.74, 6) is -1.08. The van der Waals surface area contributed by atoms with Crippen LogP contribution in [0.4, 0.5) is 10.1 Å². The second kappa shape index (κ2) is 7.35. The summed E-state index contributed by atoms with van der Waals surface area (Å²) >= 11 is 0. The third kappa shape index (κ3) is 3.88. The number of carbonyl (C=O) groups excluding carboxylic acids is 2. The predicted octanol–water partition coefficient (Wildman–Crippen LogP) is 3.24. The molecule has 1 aliphatic rings. The molecule has 0 aromatic heterocycles. The molecule has 0 saturated heterocycles. The molecule has 3 rings (SSSR count). The van der Waals surface area contributed by atoms with Gasteiger partial charge in [-0.05, 0) is 43.7 Å². The molecule has 0 bridgehead atoms. The molecular weight excluding hydrogens is 337 g/mol. The van der Waals surface area contributed by atoms with Crippen molar-refractivity contribution in [3.8, 4) is 0 Å². The van der Waals surface area contributed by atoms with Crippen LogP contribution >= 0.6 is 0 Å². The topological polar surface area (TPSA) is 79.8 Å². The molecule has 0 radical (unpaired) electrons. The van der Waals surface area contributed by atoms with Crippen molar-refractivity contribution < 1.29 is 18.8 Å². The van der Waals surface area contributed by atoms with E-state index < -0.39 is 11.7 Å². The van der Waals surface area contributed by atoms with Crippen LogP contribution in [-0.4, -0.2) is 23.8 Å². The lowest BCUT2D eigenvalue weighted by atomic mass is 10.1. The van der Waals surface area contributed by atoms with Crippen molar-refractivity contribution in [2.75, 3.05) is 5.32 Å². The molecule has 0 fully saturated rings. The lowest BCUT2D eigenvalue weighted by Gasteiger charge is -2.11. The number of anilines is 1. The average Bonchev–Trinajstić information content (AvgIpc) is 3.02. The standard InChI is InChI=1S/C19H18FN3O3/c1-11-7-8-13(18(24)22-17-9-12(2)26-23-17)10-16(11)21-19(25)14-5-3-4-6-15(14)20/h3-8,10,12H,9H2,1-2H3,(H,21,25)(H,22,23,24)/t12-/m0/s1. The molecule has 0 spiro atoms.